The highest BCUT2D eigenvalue weighted by atomic mass is 19.1. The van der Waals surface area contributed by atoms with E-state index in [0.717, 1.165) is 62.5 Å². The van der Waals surface area contributed by atoms with Crippen molar-refractivity contribution in [1.82, 2.24) is 20.1 Å². The summed E-state index contributed by atoms with van der Waals surface area (Å²) in [6.07, 6.45) is 6.93. The number of amides is 1. The van der Waals surface area contributed by atoms with Gasteiger partial charge in [-0.3, -0.25) is 9.59 Å². The largest absolute Gasteiger partial charge is 0.451 e. The molecule has 8 nitrogen and oxygen atoms in total. The number of halogens is 1. The van der Waals surface area contributed by atoms with Crippen LogP contribution in [0.15, 0.2) is 53.5 Å². The Bertz CT molecular complexity index is 1820. The van der Waals surface area contributed by atoms with E-state index in [1.54, 1.807) is 6.20 Å². The second-order valence-corrected chi connectivity index (χ2v) is 12.6. The summed E-state index contributed by atoms with van der Waals surface area (Å²) in [6.45, 7) is 3.91. The first kappa shape index (κ1) is 26.7. The minimum absolute atomic E-state index is 0.00257. The van der Waals surface area contributed by atoms with E-state index in [1.807, 2.05) is 41.0 Å². The van der Waals surface area contributed by atoms with Gasteiger partial charge in [-0.15, -0.1) is 0 Å². The number of pyridine rings is 1. The molecule has 222 valence electrons. The van der Waals surface area contributed by atoms with E-state index in [-0.39, 0.29) is 10.9 Å². The zero-order valence-electron chi connectivity index (χ0n) is 24.4. The van der Waals surface area contributed by atoms with Gasteiger partial charge in [0.05, 0.1) is 11.1 Å². The first-order valence-electron chi connectivity index (χ1n) is 15.6. The molecule has 4 aromatic rings. The van der Waals surface area contributed by atoms with Crippen molar-refractivity contribution in [2.75, 3.05) is 44.7 Å². The van der Waals surface area contributed by atoms with Gasteiger partial charge in [0.25, 0.3) is 5.91 Å². The second-order valence-electron chi connectivity index (χ2n) is 12.6. The Balaban J connectivity index is 1.26. The van der Waals surface area contributed by atoms with Gasteiger partial charge in [0, 0.05) is 37.9 Å². The summed E-state index contributed by atoms with van der Waals surface area (Å²) >= 11 is 0. The van der Waals surface area contributed by atoms with Crippen LogP contribution in [0.1, 0.15) is 42.5 Å². The number of nitrogens with one attached hydrogen (secondary N) is 2. The number of carbonyl (C=O) groups excluding carboxylic acids is 1. The number of hydrogen-bond donors (Lipinski definition) is 2. The summed E-state index contributed by atoms with van der Waals surface area (Å²) in [7, 11) is 2.11. The molecule has 5 heterocycles. The van der Waals surface area contributed by atoms with Gasteiger partial charge < -0.3 is 29.7 Å². The van der Waals surface area contributed by atoms with Crippen LogP contribution in [-0.4, -0.2) is 67.2 Å². The number of nitrogens with zero attached hydrogens (tertiary/aromatic N) is 3. The fourth-order valence-corrected chi connectivity index (χ4v) is 7.77. The van der Waals surface area contributed by atoms with Gasteiger partial charge in [0.1, 0.15) is 16.8 Å². The van der Waals surface area contributed by atoms with Crippen molar-refractivity contribution in [3.63, 3.8) is 0 Å². The maximum atomic E-state index is 16.2. The van der Waals surface area contributed by atoms with E-state index in [2.05, 4.69) is 27.5 Å². The average molecular weight is 582 g/mol. The van der Waals surface area contributed by atoms with Crippen LogP contribution >= 0.6 is 0 Å². The topological polar surface area (TPSA) is 78.8 Å². The van der Waals surface area contributed by atoms with Crippen LogP contribution < -0.4 is 25.7 Å². The number of rotatable bonds is 5. The number of anilines is 1. The molecule has 3 unspecified atom stereocenters. The molecule has 1 aromatic heterocycles. The Morgan fingerprint density at radius 2 is 1.95 bits per heavy atom. The molecule has 4 aliphatic heterocycles. The van der Waals surface area contributed by atoms with Crippen molar-refractivity contribution >= 4 is 33.3 Å². The second kappa shape index (κ2) is 10.3. The highest BCUT2D eigenvalue weighted by molar-refractivity contribution is 6.02. The van der Waals surface area contributed by atoms with Gasteiger partial charge in [0.15, 0.2) is 17.3 Å². The first-order chi connectivity index (χ1) is 21.0. The van der Waals surface area contributed by atoms with Crippen molar-refractivity contribution in [3.05, 3.63) is 70.3 Å². The normalized spacial score (nSPS) is 22.9. The number of aromatic nitrogens is 1. The molecule has 3 aromatic carbocycles. The Morgan fingerprint density at radius 3 is 2.74 bits per heavy atom. The Kier molecular flexibility index (Phi) is 6.42. The zero-order valence-corrected chi connectivity index (χ0v) is 24.4. The highest BCUT2D eigenvalue weighted by Crippen LogP contribution is 2.48. The summed E-state index contributed by atoms with van der Waals surface area (Å²) in [6, 6.07) is 14.0. The fraction of sp³-hybridized carbons (Fsp3) is 0.412. The van der Waals surface area contributed by atoms with Crippen LogP contribution in [0.25, 0.3) is 27.4 Å². The third-order valence-electron chi connectivity index (χ3n) is 10.1. The lowest BCUT2D eigenvalue weighted by Gasteiger charge is -2.29. The van der Waals surface area contributed by atoms with E-state index >= 15 is 4.39 Å². The minimum Gasteiger partial charge on any atom is -0.451 e. The number of hydrogen-bond acceptors (Lipinski definition) is 6. The van der Waals surface area contributed by atoms with Gasteiger partial charge in [-0.25, -0.2) is 4.39 Å². The third-order valence-corrected chi connectivity index (χ3v) is 10.1. The molecule has 0 radical (unpaired) electrons. The molecule has 0 spiro atoms. The number of piperidine rings is 1. The van der Waals surface area contributed by atoms with Crippen LogP contribution in [0, 0.1) is 11.7 Å². The first-order valence-corrected chi connectivity index (χ1v) is 15.6. The van der Waals surface area contributed by atoms with E-state index in [9.17, 15) is 9.59 Å². The van der Waals surface area contributed by atoms with Crippen LogP contribution in [0.4, 0.5) is 10.1 Å². The van der Waals surface area contributed by atoms with Gasteiger partial charge in [0.2, 0.25) is 5.43 Å². The van der Waals surface area contributed by atoms with E-state index in [4.69, 9.17) is 4.74 Å². The number of likely N-dealkylation sites (tertiary alicyclic amines) is 1. The predicted octanol–water partition coefficient (Wildman–Crippen LogP) is 4.79. The molecule has 0 saturated carbocycles. The quantitative estimate of drug-likeness (QED) is 0.311. The van der Waals surface area contributed by atoms with Gasteiger partial charge in [-0.2, -0.15) is 0 Å². The summed E-state index contributed by atoms with van der Waals surface area (Å²) in [5.74, 6) is 0.396. The molecule has 1 amide bonds. The van der Waals surface area contributed by atoms with Crippen molar-refractivity contribution in [3.8, 4) is 17.2 Å². The highest BCUT2D eigenvalue weighted by Gasteiger charge is 2.38. The third kappa shape index (κ3) is 4.40. The van der Waals surface area contributed by atoms with Crippen LogP contribution in [-0.2, 0) is 0 Å². The zero-order chi connectivity index (χ0) is 29.2. The van der Waals surface area contributed by atoms with Crippen LogP contribution in [0.2, 0.25) is 0 Å². The fourth-order valence-electron chi connectivity index (χ4n) is 7.77. The smallest absolute Gasteiger partial charge is 0.256 e. The Labute approximate surface area is 249 Å². The molecular weight excluding hydrogens is 545 g/mol. The molecule has 3 fully saturated rings. The molecule has 2 N–H and O–H groups in total. The Morgan fingerprint density at radius 1 is 1.12 bits per heavy atom. The molecule has 4 aliphatic rings. The van der Waals surface area contributed by atoms with E-state index in [0.29, 0.717) is 59.5 Å². The van der Waals surface area contributed by atoms with Crippen molar-refractivity contribution in [1.29, 1.82) is 0 Å². The van der Waals surface area contributed by atoms with Crippen LogP contribution in [0.3, 0.4) is 0 Å². The van der Waals surface area contributed by atoms with Gasteiger partial charge >= 0.3 is 0 Å². The summed E-state index contributed by atoms with van der Waals surface area (Å²) in [5, 5.41) is 8.71. The molecule has 3 atom stereocenters. The standard InChI is InChI=1S/C34H36FN5O3/c1-38-13-5-9-23(38)10-12-37-34(42)25-18-40-28-14-20-6-2-3-7-21(20)15-29(28)43-33-30(40)24(32(25)41)16-26(35)31(33)39-17-22-8-4-11-36-27(22)19-39/h2-3,6-7,14-16,18,22-23,27,36H,4-5,8-13,17,19H2,1H3,(H,37,42). The maximum absolute atomic E-state index is 16.2. The summed E-state index contributed by atoms with van der Waals surface area (Å²) in [5.41, 5.74) is 1.11. The van der Waals surface area contributed by atoms with E-state index < -0.39 is 17.2 Å². The predicted molar refractivity (Wildman–Crippen MR) is 166 cm³/mol. The molecule has 3 saturated heterocycles. The molecule has 43 heavy (non-hydrogen) atoms. The van der Waals surface area contributed by atoms with E-state index in [1.165, 1.54) is 6.07 Å². The molecule has 8 rings (SSSR count). The summed E-state index contributed by atoms with van der Waals surface area (Å²) in [4.78, 5) is 31.7. The SMILES string of the molecule is CN1CCCC1CCNC(=O)c1cn2c3c(c(N4CC5CCCNC5C4)c(F)cc3c1=O)Oc1cc3ccccc3cc1-2. The lowest BCUT2D eigenvalue weighted by Crippen LogP contribution is -2.40. The molecular formula is C34H36FN5O3. The molecule has 9 heteroatoms. The average Bonchev–Trinajstić information content (AvgIpc) is 3.62. The van der Waals surface area contributed by atoms with Crippen molar-refractivity contribution in [2.45, 2.75) is 44.2 Å². The minimum atomic E-state index is -0.504. The number of fused-ring (bicyclic) bond motifs is 4. The Hall–Kier alpha value is -3.95. The monoisotopic (exact) mass is 581 g/mol. The van der Waals surface area contributed by atoms with Gasteiger partial charge in [-0.1, -0.05) is 24.3 Å². The van der Waals surface area contributed by atoms with Crippen LogP contribution in [0.5, 0.6) is 11.5 Å². The lowest BCUT2D eigenvalue weighted by molar-refractivity contribution is 0.0949. The van der Waals surface area contributed by atoms with Crippen molar-refractivity contribution in [2.24, 2.45) is 5.92 Å². The number of benzene rings is 3. The lowest BCUT2D eigenvalue weighted by atomic mass is 9.94. The molecule has 0 aliphatic carbocycles. The summed E-state index contributed by atoms with van der Waals surface area (Å²) < 4.78 is 24.6. The maximum Gasteiger partial charge on any atom is 0.256 e. The number of ether oxygens (including phenoxy) is 1. The number of carbonyl (C=O) groups is 1. The molecule has 0 bridgehead atoms. The van der Waals surface area contributed by atoms with Gasteiger partial charge in [-0.05, 0) is 87.1 Å². The van der Waals surface area contributed by atoms with Crippen molar-refractivity contribution < 1.29 is 13.9 Å².